The van der Waals surface area contributed by atoms with E-state index in [1.807, 2.05) is 0 Å². The monoisotopic (exact) mass is 614 g/mol. The standard InChI is InChI=1S/C38H80NO2P/c1-7-9-11-13-15-17-19-21-23-25-27-29-31-33-35-40-42(39(37(3)4)38(5)6)41-36-34-32-30-28-26-24-22-20-18-16-14-12-10-8-2/h37-38H,7-36H2,1-6H3. The minimum Gasteiger partial charge on any atom is -0.322 e. The molecule has 0 aromatic rings. The van der Waals surface area contributed by atoms with Gasteiger partial charge in [0.2, 0.25) is 0 Å². The van der Waals surface area contributed by atoms with Crippen molar-refractivity contribution >= 4 is 8.53 Å². The van der Waals surface area contributed by atoms with Gasteiger partial charge in [-0.2, -0.15) is 0 Å². The minimum absolute atomic E-state index is 0.448. The summed E-state index contributed by atoms with van der Waals surface area (Å²) in [5.41, 5.74) is 0. The van der Waals surface area contributed by atoms with Crippen LogP contribution >= 0.6 is 8.53 Å². The van der Waals surface area contributed by atoms with Crippen molar-refractivity contribution in [3.8, 4) is 0 Å². The second-order valence-electron chi connectivity index (χ2n) is 13.7. The number of nitrogens with zero attached hydrogens (tertiary/aromatic N) is 1. The van der Waals surface area contributed by atoms with Crippen molar-refractivity contribution in [1.29, 1.82) is 0 Å². The first-order chi connectivity index (χ1) is 20.5. The third-order valence-electron chi connectivity index (χ3n) is 8.65. The van der Waals surface area contributed by atoms with Gasteiger partial charge in [-0.05, 0) is 40.5 Å². The summed E-state index contributed by atoms with van der Waals surface area (Å²) in [5, 5.41) is 0. The lowest BCUT2D eigenvalue weighted by molar-refractivity contribution is 0.170. The van der Waals surface area contributed by atoms with Gasteiger partial charge in [0.15, 0.2) is 0 Å². The summed E-state index contributed by atoms with van der Waals surface area (Å²) in [5.74, 6) is 0. The molecule has 0 N–H and O–H groups in total. The van der Waals surface area contributed by atoms with E-state index in [-0.39, 0.29) is 0 Å². The van der Waals surface area contributed by atoms with Crippen LogP contribution in [-0.2, 0) is 9.05 Å². The van der Waals surface area contributed by atoms with Crippen molar-refractivity contribution in [2.45, 2.75) is 233 Å². The average Bonchev–Trinajstić information content (AvgIpc) is 2.96. The molecule has 0 aliphatic heterocycles. The van der Waals surface area contributed by atoms with Crippen LogP contribution in [0.4, 0.5) is 0 Å². The van der Waals surface area contributed by atoms with Crippen LogP contribution < -0.4 is 0 Å². The molecule has 0 spiro atoms. The lowest BCUT2D eigenvalue weighted by atomic mass is 10.0. The highest BCUT2D eigenvalue weighted by molar-refractivity contribution is 7.44. The molecule has 0 aromatic heterocycles. The summed E-state index contributed by atoms with van der Waals surface area (Å²) < 4.78 is 15.3. The summed E-state index contributed by atoms with van der Waals surface area (Å²) in [6.45, 7) is 15.4. The van der Waals surface area contributed by atoms with Gasteiger partial charge in [0, 0.05) is 12.1 Å². The first-order valence-electron chi connectivity index (χ1n) is 19.4. The highest BCUT2D eigenvalue weighted by Crippen LogP contribution is 2.46. The van der Waals surface area contributed by atoms with E-state index in [1.54, 1.807) is 0 Å². The molecule has 0 saturated carbocycles. The molecule has 0 radical (unpaired) electrons. The van der Waals surface area contributed by atoms with E-state index >= 15 is 0 Å². The lowest BCUT2D eigenvalue weighted by Gasteiger charge is -2.35. The molecule has 0 fully saturated rings. The van der Waals surface area contributed by atoms with Gasteiger partial charge in [-0.3, -0.25) is 0 Å². The fourth-order valence-corrected chi connectivity index (χ4v) is 7.69. The Morgan fingerprint density at radius 1 is 0.357 bits per heavy atom. The van der Waals surface area contributed by atoms with Crippen LogP contribution in [0.2, 0.25) is 0 Å². The highest BCUT2D eigenvalue weighted by atomic mass is 31.2. The van der Waals surface area contributed by atoms with E-state index < -0.39 is 8.53 Å². The van der Waals surface area contributed by atoms with E-state index in [2.05, 4.69) is 46.2 Å². The zero-order chi connectivity index (χ0) is 30.9. The first-order valence-corrected chi connectivity index (χ1v) is 20.5. The predicted octanol–water partition coefficient (Wildman–Crippen LogP) is 14.3. The fraction of sp³-hybridized carbons (Fsp3) is 1.00. The second kappa shape index (κ2) is 34.2. The Bertz CT molecular complexity index is 459. The molecule has 0 saturated heterocycles. The molecule has 0 bridgehead atoms. The van der Waals surface area contributed by atoms with Crippen molar-refractivity contribution in [1.82, 2.24) is 4.67 Å². The maximum Gasteiger partial charge on any atom is 0.259 e. The van der Waals surface area contributed by atoms with Crippen LogP contribution in [0, 0.1) is 0 Å². The van der Waals surface area contributed by atoms with Crippen molar-refractivity contribution in [2.24, 2.45) is 0 Å². The Kier molecular flexibility index (Phi) is 34.4. The highest BCUT2D eigenvalue weighted by Gasteiger charge is 2.26. The molecular weight excluding hydrogens is 533 g/mol. The van der Waals surface area contributed by atoms with E-state index in [4.69, 9.17) is 9.05 Å². The van der Waals surface area contributed by atoms with E-state index in [0.29, 0.717) is 12.1 Å². The molecule has 0 rings (SSSR count). The first kappa shape index (κ1) is 42.3. The Balaban J connectivity index is 3.84. The van der Waals surface area contributed by atoms with Crippen molar-refractivity contribution in [2.75, 3.05) is 13.2 Å². The Labute approximate surface area is 268 Å². The quantitative estimate of drug-likeness (QED) is 0.0524. The summed E-state index contributed by atoms with van der Waals surface area (Å²) in [6, 6.07) is 0.896. The SMILES string of the molecule is CCCCCCCCCCCCCCCCOP(OCCCCCCCCCCCCCCCC)N(C(C)C)C(C)C. The van der Waals surface area contributed by atoms with Crippen LogP contribution in [0.25, 0.3) is 0 Å². The number of hydrogen-bond donors (Lipinski definition) is 0. The van der Waals surface area contributed by atoms with Crippen LogP contribution in [-0.4, -0.2) is 30.0 Å². The van der Waals surface area contributed by atoms with Gasteiger partial charge in [-0.15, -0.1) is 0 Å². The summed E-state index contributed by atoms with van der Waals surface area (Å²) in [6.07, 6.45) is 39.1. The molecule has 3 nitrogen and oxygen atoms in total. The smallest absolute Gasteiger partial charge is 0.259 e. The van der Waals surface area contributed by atoms with Gasteiger partial charge >= 0.3 is 0 Å². The molecular formula is C38H80NO2P. The van der Waals surface area contributed by atoms with Crippen LogP contribution in [0.15, 0.2) is 0 Å². The van der Waals surface area contributed by atoms with Crippen molar-refractivity contribution < 1.29 is 9.05 Å². The second-order valence-corrected chi connectivity index (χ2v) is 15.1. The van der Waals surface area contributed by atoms with Crippen LogP contribution in [0.3, 0.4) is 0 Å². The molecule has 42 heavy (non-hydrogen) atoms. The van der Waals surface area contributed by atoms with Gasteiger partial charge in [0.25, 0.3) is 8.53 Å². The van der Waals surface area contributed by atoms with Crippen molar-refractivity contribution in [3.05, 3.63) is 0 Å². The number of hydrogen-bond acceptors (Lipinski definition) is 3. The van der Waals surface area contributed by atoms with E-state index in [9.17, 15) is 0 Å². The predicted molar refractivity (Wildman–Crippen MR) is 192 cm³/mol. The van der Waals surface area contributed by atoms with Crippen LogP contribution in [0.1, 0.15) is 221 Å². The summed E-state index contributed by atoms with van der Waals surface area (Å²) >= 11 is 0. The van der Waals surface area contributed by atoms with Gasteiger partial charge in [-0.25, -0.2) is 4.67 Å². The van der Waals surface area contributed by atoms with Crippen LogP contribution in [0.5, 0.6) is 0 Å². The average molecular weight is 614 g/mol. The molecule has 0 aliphatic rings. The third kappa shape index (κ3) is 29.0. The Morgan fingerprint density at radius 3 is 0.786 bits per heavy atom. The molecule has 0 aliphatic carbocycles. The topological polar surface area (TPSA) is 21.7 Å². The van der Waals surface area contributed by atoms with Gasteiger partial charge in [0.05, 0.1) is 13.2 Å². The zero-order valence-electron chi connectivity index (χ0n) is 30.1. The van der Waals surface area contributed by atoms with Gasteiger partial charge in [-0.1, -0.05) is 181 Å². The molecule has 0 amide bonds. The largest absolute Gasteiger partial charge is 0.322 e. The normalized spacial score (nSPS) is 12.1. The zero-order valence-corrected chi connectivity index (χ0v) is 31.0. The van der Waals surface area contributed by atoms with Gasteiger partial charge in [0.1, 0.15) is 0 Å². The lowest BCUT2D eigenvalue weighted by Crippen LogP contribution is -2.33. The fourth-order valence-electron chi connectivity index (χ4n) is 6.02. The number of unbranched alkanes of at least 4 members (excludes halogenated alkanes) is 26. The van der Waals surface area contributed by atoms with E-state index in [1.165, 1.54) is 180 Å². The summed E-state index contributed by atoms with van der Waals surface area (Å²) in [7, 11) is -0.953. The maximum atomic E-state index is 6.42. The number of rotatable bonds is 35. The Hall–Kier alpha value is 0.310. The minimum atomic E-state index is -0.953. The summed E-state index contributed by atoms with van der Waals surface area (Å²) in [4.78, 5) is 0. The van der Waals surface area contributed by atoms with Gasteiger partial charge < -0.3 is 9.05 Å². The van der Waals surface area contributed by atoms with E-state index in [0.717, 1.165) is 13.2 Å². The molecule has 4 heteroatoms. The molecule has 0 heterocycles. The molecule has 0 atom stereocenters. The van der Waals surface area contributed by atoms with Crippen molar-refractivity contribution in [3.63, 3.8) is 0 Å². The third-order valence-corrected chi connectivity index (χ3v) is 10.8. The molecule has 254 valence electrons. The molecule has 0 aromatic carbocycles. The Morgan fingerprint density at radius 2 is 0.571 bits per heavy atom. The maximum absolute atomic E-state index is 6.42. The molecule has 0 unspecified atom stereocenters.